The smallest absolute Gasteiger partial charge is 0.256 e. The van der Waals surface area contributed by atoms with Crippen LogP contribution in [0.4, 0.5) is 5.13 Å². The van der Waals surface area contributed by atoms with E-state index in [1.54, 1.807) is 24.9 Å². The Hall–Kier alpha value is -3.39. The third kappa shape index (κ3) is 4.25. The van der Waals surface area contributed by atoms with E-state index in [9.17, 15) is 9.59 Å². The zero-order valence-corrected chi connectivity index (χ0v) is 18.7. The molecule has 0 aliphatic rings. The van der Waals surface area contributed by atoms with Gasteiger partial charge in [-0.25, -0.2) is 9.97 Å². The molecule has 158 valence electrons. The van der Waals surface area contributed by atoms with Crippen molar-refractivity contribution in [3.05, 3.63) is 81.3 Å². The molecule has 8 heteroatoms. The van der Waals surface area contributed by atoms with E-state index in [0.717, 1.165) is 27.0 Å². The van der Waals surface area contributed by atoms with Gasteiger partial charge in [-0.1, -0.05) is 23.5 Å². The molecular weight excluding hydrogens is 410 g/mol. The van der Waals surface area contributed by atoms with Gasteiger partial charge in [-0.15, -0.1) is 0 Å². The molecule has 0 aliphatic heterocycles. The molecule has 4 rings (SSSR count). The zero-order valence-electron chi connectivity index (χ0n) is 17.9. The van der Waals surface area contributed by atoms with Gasteiger partial charge in [0.2, 0.25) is 5.91 Å². The lowest BCUT2D eigenvalue weighted by Crippen LogP contribution is -2.37. The summed E-state index contributed by atoms with van der Waals surface area (Å²) in [4.78, 5) is 40.9. The number of fused-ring (bicyclic) bond motifs is 1. The highest BCUT2D eigenvalue weighted by Gasteiger charge is 2.22. The quantitative estimate of drug-likeness (QED) is 0.479. The van der Waals surface area contributed by atoms with Gasteiger partial charge in [0.1, 0.15) is 6.54 Å². The lowest BCUT2D eigenvalue weighted by atomic mass is 10.1. The normalized spacial score (nSPS) is 11.1. The number of aromatic nitrogens is 4. The first kappa shape index (κ1) is 20.9. The second kappa shape index (κ2) is 8.39. The Kier molecular flexibility index (Phi) is 5.65. The molecule has 31 heavy (non-hydrogen) atoms. The van der Waals surface area contributed by atoms with Gasteiger partial charge in [-0.3, -0.25) is 24.0 Å². The highest BCUT2D eigenvalue weighted by Crippen LogP contribution is 2.32. The molecule has 0 atom stereocenters. The van der Waals surface area contributed by atoms with E-state index in [1.165, 1.54) is 22.2 Å². The molecule has 1 aromatic carbocycles. The van der Waals surface area contributed by atoms with Crippen LogP contribution in [-0.2, 0) is 17.9 Å². The van der Waals surface area contributed by atoms with Gasteiger partial charge in [0.15, 0.2) is 5.13 Å². The fourth-order valence-corrected chi connectivity index (χ4v) is 4.57. The summed E-state index contributed by atoms with van der Waals surface area (Å²) in [6.07, 6.45) is 3.12. The summed E-state index contributed by atoms with van der Waals surface area (Å²) in [5, 5.41) is 0.587. The number of amides is 1. The molecule has 0 saturated heterocycles. The Morgan fingerprint density at radius 3 is 2.68 bits per heavy atom. The fourth-order valence-electron chi connectivity index (χ4n) is 3.41. The van der Waals surface area contributed by atoms with Gasteiger partial charge >= 0.3 is 0 Å². The Morgan fingerprint density at radius 1 is 1.13 bits per heavy atom. The number of benzene rings is 1. The number of anilines is 1. The molecule has 0 saturated carbocycles. The van der Waals surface area contributed by atoms with Crippen LogP contribution in [0.5, 0.6) is 0 Å². The minimum atomic E-state index is -0.244. The number of rotatable bonds is 5. The average Bonchev–Trinajstić information content (AvgIpc) is 3.17. The van der Waals surface area contributed by atoms with Crippen molar-refractivity contribution >= 4 is 32.6 Å². The van der Waals surface area contributed by atoms with Gasteiger partial charge in [-0.2, -0.15) is 0 Å². The van der Waals surface area contributed by atoms with Crippen LogP contribution in [0.2, 0.25) is 0 Å². The van der Waals surface area contributed by atoms with Crippen molar-refractivity contribution in [1.29, 1.82) is 0 Å². The number of hydrogen-bond acceptors (Lipinski definition) is 6. The Labute approximate surface area is 184 Å². The minimum absolute atomic E-state index is 0.117. The number of pyridine rings is 1. The Bertz CT molecular complexity index is 1330. The maximum Gasteiger partial charge on any atom is 0.256 e. The molecule has 3 heterocycles. The number of thiazole rings is 1. The molecule has 0 radical (unpaired) electrons. The molecular formula is C23H23N5O2S. The van der Waals surface area contributed by atoms with Crippen LogP contribution in [0.15, 0.2) is 47.7 Å². The van der Waals surface area contributed by atoms with Gasteiger partial charge in [0, 0.05) is 17.5 Å². The van der Waals surface area contributed by atoms with E-state index in [0.29, 0.717) is 16.4 Å². The summed E-state index contributed by atoms with van der Waals surface area (Å²) in [7, 11) is 0. The predicted molar refractivity (Wildman–Crippen MR) is 122 cm³/mol. The molecule has 0 aliphatic carbocycles. The highest BCUT2D eigenvalue weighted by molar-refractivity contribution is 7.22. The number of nitrogens with zero attached hydrogens (tertiary/aromatic N) is 5. The summed E-state index contributed by atoms with van der Waals surface area (Å²) in [6.45, 7) is 7.71. The maximum atomic E-state index is 13.4. The van der Waals surface area contributed by atoms with Crippen molar-refractivity contribution in [1.82, 2.24) is 19.5 Å². The lowest BCUT2D eigenvalue weighted by molar-refractivity contribution is -0.119. The molecule has 1 amide bonds. The molecule has 0 bridgehead atoms. The summed E-state index contributed by atoms with van der Waals surface area (Å²) >= 11 is 1.46. The average molecular weight is 434 g/mol. The van der Waals surface area contributed by atoms with Crippen LogP contribution in [0.3, 0.4) is 0 Å². The fraction of sp³-hybridized carbons (Fsp3) is 0.261. The second-order valence-corrected chi connectivity index (χ2v) is 8.62. The van der Waals surface area contributed by atoms with Crippen LogP contribution in [0.25, 0.3) is 10.2 Å². The minimum Gasteiger partial charge on any atom is -0.289 e. The van der Waals surface area contributed by atoms with Crippen molar-refractivity contribution in [2.24, 2.45) is 0 Å². The first-order valence-electron chi connectivity index (χ1n) is 9.94. The Morgan fingerprint density at radius 2 is 1.94 bits per heavy atom. The first-order valence-corrected chi connectivity index (χ1v) is 10.8. The van der Waals surface area contributed by atoms with Crippen LogP contribution in [-0.4, -0.2) is 25.4 Å². The SMILES string of the molecule is Cc1cc(C)c2nc(N(Cc3ccccn3)C(=O)Cn3cnc(C)c(C)c3=O)sc2c1. The Balaban J connectivity index is 1.74. The standard InChI is InChI=1S/C23H23N5O2S/c1-14-9-15(2)21-19(10-14)31-23(26-21)28(11-18-7-5-6-8-24-18)20(29)12-27-13-25-17(4)16(3)22(27)30/h5-10,13H,11-12H2,1-4H3. The van der Waals surface area contributed by atoms with E-state index in [-0.39, 0.29) is 24.6 Å². The largest absolute Gasteiger partial charge is 0.289 e. The summed E-state index contributed by atoms with van der Waals surface area (Å²) in [5.41, 5.74) is 4.83. The van der Waals surface area contributed by atoms with Gasteiger partial charge in [-0.05, 0) is 57.0 Å². The van der Waals surface area contributed by atoms with E-state index in [2.05, 4.69) is 22.1 Å². The first-order chi connectivity index (χ1) is 14.8. The highest BCUT2D eigenvalue weighted by atomic mass is 32.1. The van der Waals surface area contributed by atoms with Crippen molar-refractivity contribution in [2.75, 3.05) is 4.90 Å². The van der Waals surface area contributed by atoms with E-state index in [4.69, 9.17) is 4.98 Å². The number of hydrogen-bond donors (Lipinski definition) is 0. The van der Waals surface area contributed by atoms with E-state index < -0.39 is 0 Å². The maximum absolute atomic E-state index is 13.4. The predicted octanol–water partition coefficient (Wildman–Crippen LogP) is 3.72. The van der Waals surface area contributed by atoms with Crippen LogP contribution >= 0.6 is 11.3 Å². The number of carbonyl (C=O) groups excluding carboxylic acids is 1. The molecule has 0 spiro atoms. The van der Waals surface area contributed by atoms with Gasteiger partial charge in [0.05, 0.1) is 28.8 Å². The number of carbonyl (C=O) groups is 1. The van der Waals surface area contributed by atoms with Gasteiger partial charge < -0.3 is 0 Å². The molecule has 7 nitrogen and oxygen atoms in total. The lowest BCUT2D eigenvalue weighted by Gasteiger charge is -2.20. The van der Waals surface area contributed by atoms with Gasteiger partial charge in [0.25, 0.3) is 5.56 Å². The van der Waals surface area contributed by atoms with Crippen molar-refractivity contribution < 1.29 is 4.79 Å². The molecule has 3 aromatic heterocycles. The van der Waals surface area contributed by atoms with Crippen molar-refractivity contribution in [3.8, 4) is 0 Å². The third-order valence-electron chi connectivity index (χ3n) is 5.22. The summed E-state index contributed by atoms with van der Waals surface area (Å²) in [5.74, 6) is -0.244. The second-order valence-electron chi connectivity index (χ2n) is 7.61. The topological polar surface area (TPSA) is 81.0 Å². The number of aryl methyl sites for hydroxylation is 3. The monoisotopic (exact) mass is 433 g/mol. The molecule has 0 fully saturated rings. The zero-order chi connectivity index (χ0) is 22.1. The van der Waals surface area contributed by atoms with Crippen molar-refractivity contribution in [2.45, 2.75) is 40.8 Å². The molecule has 4 aromatic rings. The van der Waals surface area contributed by atoms with E-state index >= 15 is 0 Å². The van der Waals surface area contributed by atoms with Crippen LogP contribution < -0.4 is 10.5 Å². The summed E-state index contributed by atoms with van der Waals surface area (Å²) < 4.78 is 2.37. The van der Waals surface area contributed by atoms with Crippen molar-refractivity contribution in [3.63, 3.8) is 0 Å². The van der Waals surface area contributed by atoms with Crippen LogP contribution in [0.1, 0.15) is 28.1 Å². The molecule has 0 unspecified atom stereocenters. The summed E-state index contributed by atoms with van der Waals surface area (Å²) in [6, 6.07) is 9.74. The van der Waals surface area contributed by atoms with Crippen LogP contribution in [0, 0.1) is 27.7 Å². The third-order valence-corrected chi connectivity index (χ3v) is 6.24. The van der Waals surface area contributed by atoms with E-state index in [1.807, 2.05) is 32.0 Å². The molecule has 0 N–H and O–H groups in total.